The van der Waals surface area contributed by atoms with Crippen LogP contribution in [0.1, 0.15) is 13.3 Å². The number of ether oxygens (including phenoxy) is 2. The number of anilines is 1. The molecule has 2 aromatic rings. The molecule has 0 aliphatic carbocycles. The highest BCUT2D eigenvalue weighted by Crippen LogP contribution is 2.22. The van der Waals surface area contributed by atoms with Crippen molar-refractivity contribution in [1.29, 1.82) is 0 Å². The normalized spacial score (nSPS) is 10.2. The molecule has 0 unspecified atom stereocenters. The van der Waals surface area contributed by atoms with Gasteiger partial charge in [-0.3, -0.25) is 0 Å². The molecule has 1 heterocycles. The Morgan fingerprint density at radius 1 is 1.10 bits per heavy atom. The van der Waals surface area contributed by atoms with Gasteiger partial charge < -0.3 is 14.8 Å². The number of benzene rings is 1. The molecule has 7 heteroatoms. The van der Waals surface area contributed by atoms with Gasteiger partial charge in [0.1, 0.15) is 11.5 Å². The van der Waals surface area contributed by atoms with Crippen molar-refractivity contribution in [2.75, 3.05) is 19.0 Å². The van der Waals surface area contributed by atoms with Crippen molar-refractivity contribution in [3.63, 3.8) is 0 Å². The first-order chi connectivity index (χ1) is 9.71. The van der Waals surface area contributed by atoms with Crippen molar-refractivity contribution in [3.8, 4) is 17.5 Å². The van der Waals surface area contributed by atoms with Crippen LogP contribution in [0.25, 0.3) is 0 Å². The monoisotopic (exact) mass is 294 g/mol. The molecule has 6 nitrogen and oxygen atoms in total. The Hall–Kier alpha value is -2.08. The lowest BCUT2D eigenvalue weighted by Gasteiger charge is -2.07. The summed E-state index contributed by atoms with van der Waals surface area (Å²) >= 11 is 5.84. The van der Waals surface area contributed by atoms with Crippen molar-refractivity contribution in [2.24, 2.45) is 0 Å². The van der Waals surface area contributed by atoms with Crippen LogP contribution in [0.3, 0.4) is 0 Å². The summed E-state index contributed by atoms with van der Waals surface area (Å²) in [5.74, 6) is 1.74. The molecular weight excluding hydrogens is 280 g/mol. The van der Waals surface area contributed by atoms with Crippen molar-refractivity contribution in [1.82, 2.24) is 15.0 Å². The molecule has 2 rings (SSSR count). The maximum atomic E-state index is 5.84. The first kappa shape index (κ1) is 14.3. The zero-order valence-corrected chi connectivity index (χ0v) is 12.0. The lowest BCUT2D eigenvalue weighted by Crippen LogP contribution is -2.06. The van der Waals surface area contributed by atoms with E-state index >= 15 is 0 Å². The molecule has 0 amide bonds. The molecule has 0 saturated carbocycles. The predicted octanol–water partition coefficient (Wildman–Crippen LogP) is 3.15. The van der Waals surface area contributed by atoms with E-state index in [0.29, 0.717) is 11.7 Å². The minimum atomic E-state index is 0.0853. The van der Waals surface area contributed by atoms with E-state index < -0.39 is 0 Å². The van der Waals surface area contributed by atoms with Crippen LogP contribution in [-0.2, 0) is 0 Å². The average Bonchev–Trinajstić information content (AvgIpc) is 2.45. The largest absolute Gasteiger partial charge is 0.497 e. The molecule has 0 atom stereocenters. The number of aromatic nitrogens is 3. The molecule has 106 valence electrons. The Labute approximate surface area is 122 Å². The molecular formula is C13H15ClN4O2. The second kappa shape index (κ2) is 6.91. The molecule has 0 fully saturated rings. The molecule has 0 aliphatic heterocycles. The first-order valence-electron chi connectivity index (χ1n) is 6.18. The number of hydrogen-bond acceptors (Lipinski definition) is 6. The highest BCUT2D eigenvalue weighted by atomic mass is 35.5. The van der Waals surface area contributed by atoms with Gasteiger partial charge >= 0.3 is 6.01 Å². The number of hydrogen-bond donors (Lipinski definition) is 1. The molecule has 1 aromatic heterocycles. The van der Waals surface area contributed by atoms with Gasteiger partial charge in [0.25, 0.3) is 0 Å². The lowest BCUT2D eigenvalue weighted by molar-refractivity contribution is 0.410. The minimum Gasteiger partial charge on any atom is -0.497 e. The van der Waals surface area contributed by atoms with Gasteiger partial charge in [0.05, 0.1) is 7.11 Å². The average molecular weight is 295 g/mol. The van der Waals surface area contributed by atoms with E-state index in [-0.39, 0.29) is 11.3 Å². The van der Waals surface area contributed by atoms with Crippen molar-refractivity contribution in [2.45, 2.75) is 13.3 Å². The third-order valence-electron chi connectivity index (χ3n) is 2.39. The molecule has 0 aliphatic rings. The molecule has 20 heavy (non-hydrogen) atoms. The van der Waals surface area contributed by atoms with Crippen LogP contribution in [0.4, 0.5) is 5.95 Å². The number of methoxy groups -OCH3 is 1. The van der Waals surface area contributed by atoms with Gasteiger partial charge in [0.2, 0.25) is 11.2 Å². The van der Waals surface area contributed by atoms with Gasteiger partial charge in [0, 0.05) is 6.54 Å². The van der Waals surface area contributed by atoms with E-state index in [1.165, 1.54) is 0 Å². The Balaban J connectivity index is 2.12. The molecule has 0 radical (unpaired) electrons. The highest BCUT2D eigenvalue weighted by Gasteiger charge is 2.07. The molecule has 0 saturated heterocycles. The van der Waals surface area contributed by atoms with Crippen molar-refractivity contribution < 1.29 is 9.47 Å². The Kier molecular flexibility index (Phi) is 4.95. The van der Waals surface area contributed by atoms with Crippen molar-refractivity contribution in [3.05, 3.63) is 29.5 Å². The fraction of sp³-hybridized carbons (Fsp3) is 0.308. The van der Waals surface area contributed by atoms with Crippen LogP contribution in [0.15, 0.2) is 24.3 Å². The summed E-state index contributed by atoms with van der Waals surface area (Å²) in [6, 6.07) is 7.24. The van der Waals surface area contributed by atoms with Gasteiger partial charge in [0.15, 0.2) is 0 Å². The zero-order chi connectivity index (χ0) is 14.4. The number of rotatable bonds is 6. The Morgan fingerprint density at radius 3 is 2.45 bits per heavy atom. The van der Waals surface area contributed by atoms with E-state index in [1.54, 1.807) is 31.4 Å². The van der Waals surface area contributed by atoms with E-state index in [9.17, 15) is 0 Å². The van der Waals surface area contributed by atoms with E-state index in [4.69, 9.17) is 21.1 Å². The molecule has 1 N–H and O–H groups in total. The van der Waals surface area contributed by atoms with Gasteiger partial charge in [-0.2, -0.15) is 15.0 Å². The summed E-state index contributed by atoms with van der Waals surface area (Å²) in [5, 5.41) is 3.12. The molecule has 0 spiro atoms. The van der Waals surface area contributed by atoms with Gasteiger partial charge in [-0.25, -0.2) is 0 Å². The second-order valence-corrected chi connectivity index (χ2v) is 4.25. The number of nitrogens with one attached hydrogen (secondary N) is 1. The summed E-state index contributed by atoms with van der Waals surface area (Å²) in [7, 11) is 1.60. The second-order valence-electron chi connectivity index (χ2n) is 3.91. The van der Waals surface area contributed by atoms with Crippen molar-refractivity contribution >= 4 is 17.5 Å². The van der Waals surface area contributed by atoms with Crippen LogP contribution in [0.5, 0.6) is 17.5 Å². The summed E-state index contributed by atoms with van der Waals surface area (Å²) in [5.41, 5.74) is 0. The van der Waals surface area contributed by atoms with Crippen LogP contribution >= 0.6 is 11.6 Å². The predicted molar refractivity (Wildman–Crippen MR) is 76.7 cm³/mol. The third kappa shape index (κ3) is 3.96. The standard InChI is InChI=1S/C13H15ClN4O2/c1-3-8-15-12-16-11(14)17-13(18-12)20-10-6-4-9(19-2)5-7-10/h4-7H,3,8H2,1-2H3,(H,15,16,17,18). The summed E-state index contributed by atoms with van der Waals surface area (Å²) in [6.07, 6.45) is 0.956. The molecule has 0 bridgehead atoms. The van der Waals surface area contributed by atoms with Gasteiger partial charge in [-0.15, -0.1) is 0 Å². The highest BCUT2D eigenvalue weighted by molar-refractivity contribution is 6.28. The molecule has 1 aromatic carbocycles. The van der Waals surface area contributed by atoms with Crippen LogP contribution in [0, 0.1) is 0 Å². The zero-order valence-electron chi connectivity index (χ0n) is 11.3. The summed E-state index contributed by atoms with van der Waals surface area (Å²) in [6.45, 7) is 2.80. The van der Waals surface area contributed by atoms with Crippen LogP contribution in [-0.4, -0.2) is 28.6 Å². The maximum Gasteiger partial charge on any atom is 0.328 e. The fourth-order valence-corrected chi connectivity index (χ4v) is 1.59. The Bertz CT molecular complexity index is 563. The fourth-order valence-electron chi connectivity index (χ4n) is 1.44. The third-order valence-corrected chi connectivity index (χ3v) is 2.56. The topological polar surface area (TPSA) is 69.2 Å². The van der Waals surface area contributed by atoms with Crippen LogP contribution < -0.4 is 14.8 Å². The first-order valence-corrected chi connectivity index (χ1v) is 6.56. The summed E-state index contributed by atoms with van der Waals surface area (Å²) in [4.78, 5) is 12.0. The van der Waals surface area contributed by atoms with Crippen LogP contribution in [0.2, 0.25) is 5.28 Å². The summed E-state index contributed by atoms with van der Waals surface area (Å²) < 4.78 is 10.6. The minimum absolute atomic E-state index is 0.0853. The number of nitrogens with zero attached hydrogens (tertiary/aromatic N) is 3. The Morgan fingerprint density at radius 2 is 1.80 bits per heavy atom. The van der Waals surface area contributed by atoms with E-state index in [2.05, 4.69) is 20.3 Å². The van der Waals surface area contributed by atoms with E-state index in [0.717, 1.165) is 18.7 Å². The smallest absolute Gasteiger partial charge is 0.328 e. The number of halogens is 1. The lowest BCUT2D eigenvalue weighted by atomic mass is 10.3. The SMILES string of the molecule is CCCNc1nc(Cl)nc(Oc2ccc(OC)cc2)n1. The maximum absolute atomic E-state index is 5.84. The van der Waals surface area contributed by atoms with E-state index in [1.807, 2.05) is 6.92 Å². The quantitative estimate of drug-likeness (QED) is 0.882. The van der Waals surface area contributed by atoms with Gasteiger partial charge in [-0.05, 0) is 42.3 Å². The van der Waals surface area contributed by atoms with Gasteiger partial charge in [-0.1, -0.05) is 6.92 Å².